The molecular formula is C29H33N5O3. The van der Waals surface area contributed by atoms with Gasteiger partial charge < -0.3 is 14.5 Å². The van der Waals surface area contributed by atoms with Gasteiger partial charge in [0.25, 0.3) is 5.91 Å². The SMILES string of the molecule is CCOc1ccccc1/C=C/C(=O)N1CCC2(CC1)CCN(C(=O)c1nn(-c3ccccc3)nc1C)C2. The van der Waals surface area contributed by atoms with E-state index in [0.29, 0.717) is 44.2 Å². The predicted octanol–water partition coefficient (Wildman–Crippen LogP) is 4.14. The van der Waals surface area contributed by atoms with Crippen molar-refractivity contribution < 1.29 is 14.3 Å². The van der Waals surface area contributed by atoms with E-state index in [1.165, 1.54) is 4.80 Å². The minimum Gasteiger partial charge on any atom is -0.493 e. The van der Waals surface area contributed by atoms with Gasteiger partial charge in [-0.05, 0) is 62.8 Å². The zero-order chi connectivity index (χ0) is 25.8. The van der Waals surface area contributed by atoms with Crippen molar-refractivity contribution in [3.63, 3.8) is 0 Å². The average molecular weight is 500 g/mol. The summed E-state index contributed by atoms with van der Waals surface area (Å²) in [6, 6.07) is 17.3. The van der Waals surface area contributed by atoms with Gasteiger partial charge in [0, 0.05) is 37.8 Å². The number of likely N-dealkylation sites (tertiary alicyclic amines) is 2. The Morgan fingerprint density at radius 1 is 0.946 bits per heavy atom. The van der Waals surface area contributed by atoms with E-state index < -0.39 is 0 Å². The molecule has 1 aromatic heterocycles. The van der Waals surface area contributed by atoms with Gasteiger partial charge in [-0.3, -0.25) is 9.59 Å². The Morgan fingerprint density at radius 3 is 2.35 bits per heavy atom. The lowest BCUT2D eigenvalue weighted by Gasteiger charge is -2.38. The molecule has 0 unspecified atom stereocenters. The van der Waals surface area contributed by atoms with E-state index in [-0.39, 0.29) is 17.2 Å². The van der Waals surface area contributed by atoms with Crippen molar-refractivity contribution in [3.05, 3.63) is 77.6 Å². The molecule has 8 nitrogen and oxygen atoms in total. The molecule has 2 amide bonds. The highest BCUT2D eigenvalue weighted by Gasteiger charge is 2.43. The van der Waals surface area contributed by atoms with Crippen molar-refractivity contribution in [2.24, 2.45) is 5.41 Å². The Bertz CT molecular complexity index is 1290. The molecule has 0 bridgehead atoms. The van der Waals surface area contributed by atoms with Crippen LogP contribution in [0.15, 0.2) is 60.7 Å². The van der Waals surface area contributed by atoms with Gasteiger partial charge in [-0.2, -0.15) is 9.90 Å². The van der Waals surface area contributed by atoms with Crippen LogP contribution in [0.25, 0.3) is 11.8 Å². The molecule has 1 spiro atoms. The number of ether oxygens (including phenoxy) is 1. The van der Waals surface area contributed by atoms with Crippen molar-refractivity contribution in [2.45, 2.75) is 33.1 Å². The van der Waals surface area contributed by atoms with Crippen LogP contribution in [0.3, 0.4) is 0 Å². The number of para-hydroxylation sites is 2. The standard InChI is InChI=1S/C29H33N5O3/c1-3-37-25-12-8-7-9-23(25)13-14-26(35)32-18-15-29(16-19-32)17-20-33(21-29)28(36)27-22(2)30-34(31-27)24-10-5-4-6-11-24/h4-14H,3,15-21H2,1-2H3/b14-13+. The van der Waals surface area contributed by atoms with Crippen LogP contribution in [0.2, 0.25) is 0 Å². The monoisotopic (exact) mass is 499 g/mol. The number of amides is 2. The topological polar surface area (TPSA) is 80.6 Å². The van der Waals surface area contributed by atoms with Gasteiger partial charge in [0.05, 0.1) is 18.0 Å². The Balaban J connectivity index is 1.18. The smallest absolute Gasteiger partial charge is 0.276 e. The molecule has 3 aromatic rings. The molecule has 5 rings (SSSR count). The van der Waals surface area contributed by atoms with Gasteiger partial charge in [-0.15, -0.1) is 5.10 Å². The summed E-state index contributed by atoms with van der Waals surface area (Å²) in [7, 11) is 0. The largest absolute Gasteiger partial charge is 0.493 e. The van der Waals surface area contributed by atoms with Crippen LogP contribution in [0, 0.1) is 12.3 Å². The first-order valence-corrected chi connectivity index (χ1v) is 13.0. The number of carbonyl (C=O) groups excluding carboxylic acids is 2. The summed E-state index contributed by atoms with van der Waals surface area (Å²) in [6.45, 7) is 7.15. The van der Waals surface area contributed by atoms with Crippen LogP contribution in [-0.2, 0) is 4.79 Å². The van der Waals surface area contributed by atoms with E-state index in [4.69, 9.17) is 4.74 Å². The molecule has 2 aromatic carbocycles. The third-order valence-electron chi connectivity index (χ3n) is 7.46. The molecule has 0 atom stereocenters. The number of hydrogen-bond donors (Lipinski definition) is 0. The third kappa shape index (κ3) is 5.28. The number of aryl methyl sites for hydroxylation is 1. The van der Waals surface area contributed by atoms with E-state index >= 15 is 0 Å². The van der Waals surface area contributed by atoms with Crippen molar-refractivity contribution >= 4 is 17.9 Å². The maximum atomic E-state index is 13.3. The van der Waals surface area contributed by atoms with Gasteiger partial charge in [0.1, 0.15) is 5.75 Å². The summed E-state index contributed by atoms with van der Waals surface area (Å²) in [5.41, 5.74) is 2.82. The molecule has 2 saturated heterocycles. The van der Waals surface area contributed by atoms with Crippen LogP contribution in [0.5, 0.6) is 5.75 Å². The minimum absolute atomic E-state index is 0.0141. The van der Waals surface area contributed by atoms with E-state index in [9.17, 15) is 9.59 Å². The number of nitrogens with zero attached hydrogens (tertiary/aromatic N) is 5. The van der Waals surface area contributed by atoms with Crippen LogP contribution >= 0.6 is 0 Å². The van der Waals surface area contributed by atoms with E-state index in [1.54, 1.807) is 6.08 Å². The van der Waals surface area contributed by atoms with Gasteiger partial charge in [-0.25, -0.2) is 0 Å². The second-order valence-corrected chi connectivity index (χ2v) is 9.87. The normalized spacial score (nSPS) is 17.0. The van der Waals surface area contributed by atoms with Crippen molar-refractivity contribution in [2.75, 3.05) is 32.8 Å². The van der Waals surface area contributed by atoms with Gasteiger partial charge in [-0.1, -0.05) is 36.4 Å². The van der Waals surface area contributed by atoms with Crippen LogP contribution in [-0.4, -0.2) is 69.4 Å². The second kappa shape index (κ2) is 10.6. The number of benzene rings is 2. The van der Waals surface area contributed by atoms with Crippen LogP contribution < -0.4 is 4.74 Å². The van der Waals surface area contributed by atoms with E-state index in [2.05, 4.69) is 10.2 Å². The van der Waals surface area contributed by atoms with Crippen molar-refractivity contribution in [1.29, 1.82) is 0 Å². The molecule has 37 heavy (non-hydrogen) atoms. The summed E-state index contributed by atoms with van der Waals surface area (Å²) < 4.78 is 5.65. The van der Waals surface area contributed by atoms with Gasteiger partial charge in [0.15, 0.2) is 5.69 Å². The predicted molar refractivity (Wildman–Crippen MR) is 142 cm³/mol. The zero-order valence-electron chi connectivity index (χ0n) is 21.5. The lowest BCUT2D eigenvalue weighted by molar-refractivity contribution is -0.128. The molecule has 8 heteroatoms. The first-order valence-electron chi connectivity index (χ1n) is 13.0. The summed E-state index contributed by atoms with van der Waals surface area (Å²) in [5.74, 6) is 0.729. The van der Waals surface area contributed by atoms with Gasteiger partial charge >= 0.3 is 0 Å². The fraction of sp³-hybridized carbons (Fsp3) is 0.379. The van der Waals surface area contributed by atoms with Crippen molar-refractivity contribution in [1.82, 2.24) is 24.8 Å². The number of rotatable bonds is 6. The van der Waals surface area contributed by atoms with Crippen molar-refractivity contribution in [3.8, 4) is 11.4 Å². The number of aromatic nitrogens is 3. The molecule has 0 saturated carbocycles. The minimum atomic E-state index is -0.0639. The first kappa shape index (κ1) is 24.7. The van der Waals surface area contributed by atoms with Crippen LogP contribution in [0.4, 0.5) is 0 Å². The lowest BCUT2D eigenvalue weighted by atomic mass is 9.78. The van der Waals surface area contributed by atoms with Crippen LogP contribution in [0.1, 0.15) is 47.9 Å². The lowest BCUT2D eigenvalue weighted by Crippen LogP contribution is -2.44. The quantitative estimate of drug-likeness (QED) is 0.476. The zero-order valence-corrected chi connectivity index (χ0v) is 21.5. The van der Waals surface area contributed by atoms with Gasteiger partial charge in [0.2, 0.25) is 5.91 Å². The fourth-order valence-electron chi connectivity index (χ4n) is 5.29. The first-order chi connectivity index (χ1) is 18.0. The summed E-state index contributed by atoms with van der Waals surface area (Å²) >= 11 is 0. The molecule has 0 N–H and O–H groups in total. The maximum Gasteiger partial charge on any atom is 0.276 e. The molecule has 192 valence electrons. The molecule has 2 aliphatic heterocycles. The number of piperidine rings is 1. The average Bonchev–Trinajstić information content (AvgIpc) is 3.52. The number of carbonyl (C=O) groups is 2. The summed E-state index contributed by atoms with van der Waals surface area (Å²) in [5, 5.41) is 8.96. The highest BCUT2D eigenvalue weighted by molar-refractivity contribution is 5.93. The molecule has 0 aliphatic carbocycles. The fourth-order valence-corrected chi connectivity index (χ4v) is 5.29. The maximum absolute atomic E-state index is 13.3. The highest BCUT2D eigenvalue weighted by atomic mass is 16.5. The summed E-state index contributed by atoms with van der Waals surface area (Å²) in [6.07, 6.45) is 6.20. The Kier molecular flexibility index (Phi) is 7.08. The number of hydrogen-bond acceptors (Lipinski definition) is 5. The van der Waals surface area contributed by atoms with E-state index in [0.717, 1.165) is 36.3 Å². The molecule has 2 aliphatic rings. The Morgan fingerprint density at radius 2 is 1.62 bits per heavy atom. The Hall–Kier alpha value is -3.94. The molecule has 3 heterocycles. The highest BCUT2D eigenvalue weighted by Crippen LogP contribution is 2.41. The molecule has 2 fully saturated rings. The summed E-state index contributed by atoms with van der Waals surface area (Å²) in [4.78, 5) is 31.6. The van der Waals surface area contributed by atoms with E-state index in [1.807, 2.05) is 84.3 Å². The second-order valence-electron chi connectivity index (χ2n) is 9.87. The molecular weight excluding hydrogens is 466 g/mol. The Labute approximate surface area is 217 Å². The molecule has 0 radical (unpaired) electrons. The third-order valence-corrected chi connectivity index (χ3v) is 7.46.